The zero-order valence-corrected chi connectivity index (χ0v) is 14.6. The van der Waals surface area contributed by atoms with Crippen LogP contribution < -0.4 is 9.67 Å². The highest BCUT2D eigenvalue weighted by Crippen LogP contribution is 2.50. The quantitative estimate of drug-likeness (QED) is 0.576. The van der Waals surface area contributed by atoms with E-state index < -0.39 is 18.0 Å². The van der Waals surface area contributed by atoms with Crippen LogP contribution in [0.15, 0.2) is 35.1 Å². The number of aryl methyl sites for hydroxylation is 1. The first-order chi connectivity index (χ1) is 11.3. The van der Waals surface area contributed by atoms with E-state index >= 15 is 0 Å². The summed E-state index contributed by atoms with van der Waals surface area (Å²) in [5.41, 5.74) is 1.05. The van der Waals surface area contributed by atoms with Crippen LogP contribution in [0.3, 0.4) is 0 Å². The number of β-lactam (4-membered cyclic amide) rings is 1. The van der Waals surface area contributed by atoms with Gasteiger partial charge in [0.15, 0.2) is 12.4 Å². The number of pyridine rings is 1. The summed E-state index contributed by atoms with van der Waals surface area (Å²) in [6.07, 6.45) is 3.08. The Balaban J connectivity index is 1.84. The number of amides is 1. The Bertz CT molecular complexity index is 714. The highest BCUT2D eigenvalue weighted by Gasteiger charge is 2.58. The summed E-state index contributed by atoms with van der Waals surface area (Å²) in [5.74, 6) is -1.71. The minimum atomic E-state index is -1.33. The second-order valence-electron chi connectivity index (χ2n) is 6.41. The van der Waals surface area contributed by atoms with Gasteiger partial charge in [-0.05, 0) is 12.5 Å². The number of aliphatic carboxylic acids is 1. The fourth-order valence-corrected chi connectivity index (χ4v) is 4.73. The highest BCUT2D eigenvalue weighted by atomic mass is 32.2. The number of aliphatic hydroxyl groups is 1. The molecule has 1 aromatic rings. The SMILES string of the molecule is CC(O)[C@H]1C(=O)N2C(C(=O)[O-])=C(SCc3cc[n+](C)cc3)[C@H](C)C12. The molecule has 3 rings (SSSR count). The van der Waals surface area contributed by atoms with Gasteiger partial charge in [-0.1, -0.05) is 6.92 Å². The zero-order valence-electron chi connectivity index (χ0n) is 13.8. The highest BCUT2D eigenvalue weighted by molar-refractivity contribution is 8.02. The third-order valence-electron chi connectivity index (χ3n) is 4.74. The van der Waals surface area contributed by atoms with E-state index in [0.29, 0.717) is 10.7 Å². The van der Waals surface area contributed by atoms with Crippen LogP contribution in [0.1, 0.15) is 19.4 Å². The predicted octanol–water partition coefficient (Wildman–Crippen LogP) is -0.437. The number of fused-ring (bicyclic) bond motifs is 1. The largest absolute Gasteiger partial charge is 0.543 e. The van der Waals surface area contributed by atoms with E-state index in [0.717, 1.165) is 5.56 Å². The van der Waals surface area contributed by atoms with Crippen molar-refractivity contribution in [1.29, 1.82) is 0 Å². The standard InChI is InChI=1S/C17H20N2O4S/c1-9-13-12(10(2)20)16(21)19(13)14(17(22)23)15(9)24-8-11-4-6-18(3)7-5-11/h4-7,9-10,12-13,20H,8H2,1-3H3/t9-,10?,12-,13?/m1/s1. The molecule has 0 bridgehead atoms. The molecule has 2 unspecified atom stereocenters. The molecule has 1 N–H and O–H groups in total. The molecule has 0 saturated carbocycles. The van der Waals surface area contributed by atoms with Crippen molar-refractivity contribution in [2.75, 3.05) is 0 Å². The number of carbonyl (C=O) groups excluding carboxylic acids is 2. The average Bonchev–Trinajstić information content (AvgIpc) is 2.76. The van der Waals surface area contributed by atoms with Crippen LogP contribution in [0.25, 0.3) is 0 Å². The van der Waals surface area contributed by atoms with Gasteiger partial charge in [0.2, 0.25) is 5.91 Å². The molecule has 1 fully saturated rings. The second kappa shape index (κ2) is 6.22. The van der Waals surface area contributed by atoms with E-state index in [-0.39, 0.29) is 23.6 Å². The minimum absolute atomic E-state index is 0.0270. The number of aliphatic hydroxyl groups excluding tert-OH is 1. The smallest absolute Gasteiger partial charge is 0.235 e. The number of rotatable bonds is 5. The Kier molecular flexibility index (Phi) is 4.40. The summed E-state index contributed by atoms with van der Waals surface area (Å²) in [4.78, 5) is 25.8. The molecule has 1 aromatic heterocycles. The number of carboxylic acid groups (broad SMARTS) is 1. The van der Waals surface area contributed by atoms with E-state index in [4.69, 9.17) is 0 Å². The Morgan fingerprint density at radius 3 is 2.62 bits per heavy atom. The fraction of sp³-hybridized carbons (Fsp3) is 0.471. The van der Waals surface area contributed by atoms with Gasteiger partial charge in [-0.3, -0.25) is 4.79 Å². The number of carboxylic acids is 1. The molecule has 128 valence electrons. The first kappa shape index (κ1) is 17.0. The van der Waals surface area contributed by atoms with Gasteiger partial charge in [0.25, 0.3) is 0 Å². The van der Waals surface area contributed by atoms with Gasteiger partial charge in [-0.2, -0.15) is 0 Å². The maximum atomic E-state index is 12.2. The summed E-state index contributed by atoms with van der Waals surface area (Å²) in [6, 6.07) is 3.66. The molecule has 0 aromatic carbocycles. The minimum Gasteiger partial charge on any atom is -0.543 e. The molecule has 2 aliphatic heterocycles. The molecule has 0 spiro atoms. The van der Waals surface area contributed by atoms with E-state index in [1.54, 1.807) is 6.92 Å². The van der Waals surface area contributed by atoms with Crippen LogP contribution in [-0.4, -0.2) is 34.0 Å². The summed E-state index contributed by atoms with van der Waals surface area (Å²) < 4.78 is 1.93. The van der Waals surface area contributed by atoms with E-state index in [2.05, 4.69) is 0 Å². The van der Waals surface area contributed by atoms with Gasteiger partial charge in [0.1, 0.15) is 7.05 Å². The first-order valence-electron chi connectivity index (χ1n) is 7.86. The second-order valence-corrected chi connectivity index (χ2v) is 7.43. The topological polar surface area (TPSA) is 84.5 Å². The lowest BCUT2D eigenvalue weighted by Gasteiger charge is -2.47. The summed E-state index contributed by atoms with van der Waals surface area (Å²) in [7, 11) is 1.93. The molecule has 4 atom stereocenters. The number of nitrogens with zero attached hydrogens (tertiary/aromatic N) is 2. The summed E-state index contributed by atoms with van der Waals surface area (Å²) >= 11 is 1.42. The predicted molar refractivity (Wildman–Crippen MR) is 85.9 cm³/mol. The molecular formula is C17H20N2O4S. The third-order valence-corrected chi connectivity index (χ3v) is 6.10. The number of hydrogen-bond donors (Lipinski definition) is 1. The lowest BCUT2D eigenvalue weighted by Crippen LogP contribution is -2.64. The van der Waals surface area contributed by atoms with Crippen LogP contribution in [-0.2, 0) is 22.4 Å². The first-order valence-corrected chi connectivity index (χ1v) is 8.85. The summed E-state index contributed by atoms with van der Waals surface area (Å²) in [6.45, 7) is 3.48. The van der Waals surface area contributed by atoms with Crippen molar-refractivity contribution in [3.8, 4) is 0 Å². The lowest BCUT2D eigenvalue weighted by molar-refractivity contribution is -0.671. The maximum Gasteiger partial charge on any atom is 0.235 e. The summed E-state index contributed by atoms with van der Waals surface area (Å²) in [5, 5.41) is 21.4. The normalized spacial score (nSPS) is 27.1. The fourth-order valence-electron chi connectivity index (χ4n) is 3.50. The molecule has 1 amide bonds. The third kappa shape index (κ3) is 2.61. The van der Waals surface area contributed by atoms with Crippen molar-refractivity contribution in [2.45, 2.75) is 31.7 Å². The van der Waals surface area contributed by atoms with Crippen LogP contribution in [0.4, 0.5) is 0 Å². The number of carbonyl (C=O) groups is 2. The molecule has 0 aliphatic carbocycles. The molecule has 6 nitrogen and oxygen atoms in total. The van der Waals surface area contributed by atoms with E-state index in [9.17, 15) is 19.8 Å². The molecule has 0 radical (unpaired) electrons. The van der Waals surface area contributed by atoms with Crippen molar-refractivity contribution in [1.82, 2.24) is 4.90 Å². The van der Waals surface area contributed by atoms with Crippen LogP contribution in [0.5, 0.6) is 0 Å². The molecule has 2 aliphatic rings. The average molecular weight is 348 g/mol. The zero-order chi connectivity index (χ0) is 17.6. The number of hydrogen-bond acceptors (Lipinski definition) is 5. The van der Waals surface area contributed by atoms with Gasteiger partial charge < -0.3 is 19.9 Å². The van der Waals surface area contributed by atoms with Crippen molar-refractivity contribution < 1.29 is 24.4 Å². The molecule has 1 saturated heterocycles. The van der Waals surface area contributed by atoms with Gasteiger partial charge >= 0.3 is 0 Å². The molecule has 24 heavy (non-hydrogen) atoms. The Morgan fingerprint density at radius 1 is 1.46 bits per heavy atom. The van der Waals surface area contributed by atoms with Crippen molar-refractivity contribution in [2.24, 2.45) is 18.9 Å². The van der Waals surface area contributed by atoms with Gasteiger partial charge in [-0.15, -0.1) is 11.8 Å². The Labute approximate surface area is 144 Å². The Hall–Kier alpha value is -1.86. The van der Waals surface area contributed by atoms with Crippen LogP contribution >= 0.6 is 11.8 Å². The van der Waals surface area contributed by atoms with Crippen LogP contribution in [0, 0.1) is 11.8 Å². The lowest BCUT2D eigenvalue weighted by atomic mass is 9.79. The van der Waals surface area contributed by atoms with Crippen molar-refractivity contribution in [3.05, 3.63) is 40.7 Å². The Morgan fingerprint density at radius 2 is 2.08 bits per heavy atom. The molecule has 7 heteroatoms. The molecule has 3 heterocycles. The van der Waals surface area contributed by atoms with Gasteiger partial charge in [0, 0.05) is 28.7 Å². The van der Waals surface area contributed by atoms with Gasteiger partial charge in [0.05, 0.1) is 29.7 Å². The van der Waals surface area contributed by atoms with E-state index in [1.165, 1.54) is 16.7 Å². The van der Waals surface area contributed by atoms with Crippen LogP contribution in [0.2, 0.25) is 0 Å². The molecular weight excluding hydrogens is 328 g/mol. The maximum absolute atomic E-state index is 12.2. The van der Waals surface area contributed by atoms with Crippen molar-refractivity contribution in [3.63, 3.8) is 0 Å². The van der Waals surface area contributed by atoms with Crippen molar-refractivity contribution >= 4 is 23.6 Å². The van der Waals surface area contributed by atoms with Gasteiger partial charge in [-0.25, -0.2) is 4.57 Å². The monoisotopic (exact) mass is 348 g/mol. The van der Waals surface area contributed by atoms with E-state index in [1.807, 2.05) is 43.1 Å². The number of aromatic nitrogens is 1. The number of thioether (sulfide) groups is 1.